The predicted molar refractivity (Wildman–Crippen MR) is 33.4 cm³/mol. The van der Waals surface area contributed by atoms with Crippen LogP contribution in [0, 0.1) is 6.92 Å². The van der Waals surface area contributed by atoms with Gasteiger partial charge in [0, 0.05) is 5.56 Å². The molecule has 0 aliphatic heterocycles. The van der Waals surface area contributed by atoms with Crippen molar-refractivity contribution in [2.24, 2.45) is 0 Å². The van der Waals surface area contributed by atoms with Crippen molar-refractivity contribution in [3.63, 3.8) is 0 Å². The summed E-state index contributed by atoms with van der Waals surface area (Å²) < 4.78 is 5.25. The van der Waals surface area contributed by atoms with E-state index in [0.29, 0.717) is 10.5 Å². The lowest BCUT2D eigenvalue weighted by molar-refractivity contribution is 0.432. The molecule has 3 nitrogen and oxygen atoms in total. The van der Waals surface area contributed by atoms with E-state index in [1.165, 1.54) is 0 Å². The number of aromatic nitrogens is 1. The summed E-state index contributed by atoms with van der Waals surface area (Å²) in [6.07, 6.45) is 0. The minimum Gasteiger partial charge on any atom is -0.367 e. The molecule has 2 N–H and O–H groups in total. The quantitative estimate of drug-likeness (QED) is 0.650. The Bertz CT molecular complexity index is 176. The van der Waals surface area contributed by atoms with Crippen molar-refractivity contribution in [2.75, 3.05) is 5.73 Å². The Hall–Kier alpha value is -0.510. The molecule has 4 heteroatoms. The average molecular weight is 177 g/mol. The number of nitrogens with zero attached hydrogens (tertiary/aromatic N) is 1. The van der Waals surface area contributed by atoms with Gasteiger partial charge in [0.1, 0.15) is 0 Å². The number of halogens is 1. The molecular formula is C4H5BrN2O. The van der Waals surface area contributed by atoms with Gasteiger partial charge in [-0.15, -0.1) is 0 Å². The highest BCUT2D eigenvalue weighted by Gasteiger charge is 2.02. The second-order valence-corrected chi connectivity index (χ2v) is 2.21. The molecule has 1 heterocycles. The van der Waals surface area contributed by atoms with Gasteiger partial charge in [-0.3, -0.25) is 0 Å². The minimum absolute atomic E-state index is 0.372. The van der Waals surface area contributed by atoms with Gasteiger partial charge in [0.05, 0.1) is 0 Å². The molecule has 0 amide bonds. The third-order valence-electron chi connectivity index (χ3n) is 0.903. The molecule has 8 heavy (non-hydrogen) atoms. The van der Waals surface area contributed by atoms with Gasteiger partial charge in [0.15, 0.2) is 4.60 Å². The van der Waals surface area contributed by atoms with E-state index in [1.807, 2.05) is 6.92 Å². The zero-order valence-electron chi connectivity index (χ0n) is 4.31. The van der Waals surface area contributed by atoms with Crippen LogP contribution in [0.3, 0.4) is 0 Å². The van der Waals surface area contributed by atoms with E-state index in [0.717, 1.165) is 5.56 Å². The first-order chi connectivity index (χ1) is 3.72. The minimum atomic E-state index is 0.372. The van der Waals surface area contributed by atoms with Gasteiger partial charge in [0.2, 0.25) is 5.88 Å². The molecule has 0 bridgehead atoms. The summed E-state index contributed by atoms with van der Waals surface area (Å²) in [6, 6.07) is 0. The molecule has 0 aromatic carbocycles. The maximum Gasteiger partial charge on any atom is 0.226 e. The molecule has 1 rings (SSSR count). The molecule has 44 valence electrons. The SMILES string of the molecule is Cc1c(Br)noc1N. The van der Waals surface area contributed by atoms with Gasteiger partial charge >= 0.3 is 0 Å². The van der Waals surface area contributed by atoms with Crippen LogP contribution >= 0.6 is 15.9 Å². The average Bonchev–Trinajstić information content (AvgIpc) is 1.98. The number of anilines is 1. The molecule has 0 saturated carbocycles. The standard InChI is InChI=1S/C4H5BrN2O/c1-2-3(5)7-8-4(2)6/h6H2,1H3. The van der Waals surface area contributed by atoms with E-state index in [1.54, 1.807) is 0 Å². The molecular weight excluding hydrogens is 172 g/mol. The molecule has 0 saturated heterocycles. The van der Waals surface area contributed by atoms with Crippen molar-refractivity contribution in [3.05, 3.63) is 10.2 Å². The maximum absolute atomic E-state index is 5.28. The topological polar surface area (TPSA) is 52.0 Å². The van der Waals surface area contributed by atoms with E-state index >= 15 is 0 Å². The van der Waals surface area contributed by atoms with E-state index < -0.39 is 0 Å². The van der Waals surface area contributed by atoms with Crippen LogP contribution in [0.5, 0.6) is 0 Å². The zero-order valence-corrected chi connectivity index (χ0v) is 5.90. The van der Waals surface area contributed by atoms with Crippen LogP contribution in [0.1, 0.15) is 5.56 Å². The first-order valence-electron chi connectivity index (χ1n) is 2.09. The lowest BCUT2D eigenvalue weighted by atomic mass is 10.4. The van der Waals surface area contributed by atoms with Gasteiger partial charge in [-0.05, 0) is 22.9 Å². The lowest BCUT2D eigenvalue weighted by Crippen LogP contribution is -1.81. The van der Waals surface area contributed by atoms with Crippen molar-refractivity contribution < 1.29 is 4.52 Å². The lowest BCUT2D eigenvalue weighted by Gasteiger charge is -1.79. The summed E-state index contributed by atoms with van der Waals surface area (Å²) in [6.45, 7) is 1.83. The highest BCUT2D eigenvalue weighted by atomic mass is 79.9. The van der Waals surface area contributed by atoms with E-state index in [-0.39, 0.29) is 0 Å². The van der Waals surface area contributed by atoms with Crippen molar-refractivity contribution in [1.29, 1.82) is 0 Å². The molecule has 0 atom stereocenters. The first-order valence-corrected chi connectivity index (χ1v) is 2.88. The molecule has 0 spiro atoms. The summed E-state index contributed by atoms with van der Waals surface area (Å²) >= 11 is 3.13. The van der Waals surface area contributed by atoms with E-state index in [2.05, 4.69) is 25.6 Å². The summed E-state index contributed by atoms with van der Waals surface area (Å²) in [7, 11) is 0. The van der Waals surface area contributed by atoms with Gasteiger partial charge < -0.3 is 10.3 Å². The van der Waals surface area contributed by atoms with Gasteiger partial charge in [-0.1, -0.05) is 5.16 Å². The Morgan fingerprint density at radius 3 is 2.50 bits per heavy atom. The number of rotatable bonds is 0. The second kappa shape index (κ2) is 1.78. The summed E-state index contributed by atoms with van der Waals surface area (Å²) in [5, 5.41) is 3.53. The largest absolute Gasteiger partial charge is 0.367 e. The Kier molecular flexibility index (Phi) is 1.25. The number of nitrogens with two attached hydrogens (primary N) is 1. The normalized spacial score (nSPS) is 9.75. The molecule has 0 aliphatic rings. The summed E-state index contributed by atoms with van der Waals surface area (Å²) in [5.41, 5.74) is 6.13. The monoisotopic (exact) mass is 176 g/mol. The first kappa shape index (κ1) is 5.62. The molecule has 1 aromatic heterocycles. The predicted octanol–water partition coefficient (Wildman–Crippen LogP) is 1.33. The third-order valence-corrected chi connectivity index (χ3v) is 1.64. The van der Waals surface area contributed by atoms with Crippen molar-refractivity contribution >= 4 is 21.8 Å². The van der Waals surface area contributed by atoms with Crippen LogP contribution in [-0.2, 0) is 0 Å². The second-order valence-electron chi connectivity index (χ2n) is 1.46. The third kappa shape index (κ3) is 0.709. The number of hydrogen-bond acceptors (Lipinski definition) is 3. The molecule has 0 unspecified atom stereocenters. The van der Waals surface area contributed by atoms with E-state index in [4.69, 9.17) is 5.73 Å². The Morgan fingerprint density at radius 1 is 1.75 bits per heavy atom. The number of hydrogen-bond donors (Lipinski definition) is 1. The molecule has 0 fully saturated rings. The van der Waals surface area contributed by atoms with Crippen LogP contribution in [0.25, 0.3) is 0 Å². The summed E-state index contributed by atoms with van der Waals surface area (Å²) in [5.74, 6) is 0.372. The Balaban J connectivity index is 3.19. The maximum atomic E-state index is 5.28. The van der Waals surface area contributed by atoms with Gasteiger partial charge in [0.25, 0.3) is 0 Å². The fourth-order valence-electron chi connectivity index (χ4n) is 0.328. The molecule has 0 aliphatic carbocycles. The summed E-state index contributed by atoms with van der Waals surface area (Å²) in [4.78, 5) is 0. The molecule has 0 radical (unpaired) electrons. The highest BCUT2D eigenvalue weighted by Crippen LogP contribution is 2.18. The van der Waals surface area contributed by atoms with Crippen molar-refractivity contribution in [2.45, 2.75) is 6.92 Å². The van der Waals surface area contributed by atoms with Crippen LogP contribution in [0.2, 0.25) is 0 Å². The fraction of sp³-hybridized carbons (Fsp3) is 0.250. The van der Waals surface area contributed by atoms with Gasteiger partial charge in [-0.25, -0.2) is 0 Å². The van der Waals surface area contributed by atoms with Crippen LogP contribution in [0.4, 0.5) is 5.88 Å². The van der Waals surface area contributed by atoms with Crippen LogP contribution in [0.15, 0.2) is 9.13 Å². The Labute approximate surface area is 55.0 Å². The van der Waals surface area contributed by atoms with Crippen LogP contribution in [-0.4, -0.2) is 5.16 Å². The van der Waals surface area contributed by atoms with Crippen LogP contribution < -0.4 is 5.73 Å². The van der Waals surface area contributed by atoms with Gasteiger partial charge in [-0.2, -0.15) is 0 Å². The highest BCUT2D eigenvalue weighted by molar-refractivity contribution is 9.10. The van der Waals surface area contributed by atoms with Crippen molar-refractivity contribution in [1.82, 2.24) is 5.16 Å². The smallest absolute Gasteiger partial charge is 0.226 e. The number of nitrogen functional groups attached to an aromatic ring is 1. The molecule has 1 aromatic rings. The Morgan fingerprint density at radius 2 is 2.38 bits per heavy atom. The zero-order chi connectivity index (χ0) is 6.15. The van der Waals surface area contributed by atoms with E-state index in [9.17, 15) is 0 Å². The van der Waals surface area contributed by atoms with Crippen molar-refractivity contribution in [3.8, 4) is 0 Å². The fourth-order valence-corrected chi connectivity index (χ4v) is 0.596.